The maximum atomic E-state index is 10.2. The summed E-state index contributed by atoms with van der Waals surface area (Å²) in [6.45, 7) is 0.764. The molecule has 0 bridgehead atoms. The molecular formula is C15H15ClN2O. The molecule has 1 N–H and O–H groups in total. The van der Waals surface area contributed by atoms with Crippen LogP contribution in [0.5, 0.6) is 0 Å². The zero-order valence-electron chi connectivity index (χ0n) is 10.4. The molecule has 0 saturated carbocycles. The molecule has 1 atom stereocenters. The molecule has 0 amide bonds. The van der Waals surface area contributed by atoms with Crippen molar-refractivity contribution >= 4 is 17.3 Å². The summed E-state index contributed by atoms with van der Waals surface area (Å²) in [6, 6.07) is 18.1. The second kappa shape index (κ2) is 6.90. The van der Waals surface area contributed by atoms with Gasteiger partial charge in [0.1, 0.15) is 0 Å². The van der Waals surface area contributed by atoms with E-state index in [0.717, 1.165) is 17.8 Å². The van der Waals surface area contributed by atoms with E-state index in [1.807, 2.05) is 54.6 Å². The van der Waals surface area contributed by atoms with E-state index in [1.165, 1.54) is 5.56 Å². The molecule has 2 rings (SSSR count). The standard InChI is InChI=1S/C15H15ClN2O/c16-15(18-19)10-12-6-8-13(9-7-12)11-17-14-4-2-1-3-5-14/h1-9,15,17H,10-11H2. The first-order valence-corrected chi connectivity index (χ1v) is 6.55. The highest BCUT2D eigenvalue weighted by Gasteiger charge is 2.04. The average molecular weight is 275 g/mol. The van der Waals surface area contributed by atoms with Crippen molar-refractivity contribution in [3.8, 4) is 0 Å². The van der Waals surface area contributed by atoms with Gasteiger partial charge in [0.05, 0.1) is 0 Å². The molecule has 0 aliphatic carbocycles. The van der Waals surface area contributed by atoms with Gasteiger partial charge in [-0.15, -0.1) is 4.91 Å². The summed E-state index contributed by atoms with van der Waals surface area (Å²) in [5.74, 6) is 0. The van der Waals surface area contributed by atoms with Crippen LogP contribution >= 0.6 is 11.6 Å². The lowest BCUT2D eigenvalue weighted by Crippen LogP contribution is -2.01. The predicted octanol–water partition coefficient (Wildman–Crippen LogP) is 4.17. The topological polar surface area (TPSA) is 41.5 Å². The van der Waals surface area contributed by atoms with Gasteiger partial charge in [-0.25, -0.2) is 0 Å². The highest BCUT2D eigenvalue weighted by Crippen LogP contribution is 2.12. The Bertz CT molecular complexity index is 513. The van der Waals surface area contributed by atoms with Gasteiger partial charge in [-0.1, -0.05) is 54.1 Å². The number of benzene rings is 2. The van der Waals surface area contributed by atoms with Gasteiger partial charge in [-0.3, -0.25) is 0 Å². The molecule has 0 aliphatic rings. The summed E-state index contributed by atoms with van der Waals surface area (Å²) in [5.41, 5.74) is 2.60. The highest BCUT2D eigenvalue weighted by molar-refractivity contribution is 6.20. The highest BCUT2D eigenvalue weighted by atomic mass is 35.5. The van der Waals surface area contributed by atoms with Crippen LogP contribution in [-0.4, -0.2) is 5.50 Å². The normalized spacial score (nSPS) is 11.8. The Kier molecular flexibility index (Phi) is 4.93. The molecule has 1 unspecified atom stereocenters. The summed E-state index contributed by atoms with van der Waals surface area (Å²) in [4.78, 5) is 10.2. The molecule has 2 aromatic rings. The number of nitrogens with one attached hydrogen (secondary N) is 1. The Labute approximate surface area is 117 Å². The number of nitroso groups, excluding NO2 is 1. The Morgan fingerprint density at radius 3 is 2.26 bits per heavy atom. The quantitative estimate of drug-likeness (QED) is 0.488. The van der Waals surface area contributed by atoms with Gasteiger partial charge in [-0.05, 0) is 28.4 Å². The van der Waals surface area contributed by atoms with E-state index in [9.17, 15) is 4.91 Å². The van der Waals surface area contributed by atoms with Crippen LogP contribution in [0, 0.1) is 4.91 Å². The minimum absolute atomic E-state index is 0.470. The van der Waals surface area contributed by atoms with Crippen LogP contribution in [-0.2, 0) is 13.0 Å². The van der Waals surface area contributed by atoms with Gasteiger partial charge in [0.15, 0.2) is 5.50 Å². The lowest BCUT2D eigenvalue weighted by Gasteiger charge is -2.07. The van der Waals surface area contributed by atoms with Crippen molar-refractivity contribution in [2.45, 2.75) is 18.5 Å². The lowest BCUT2D eigenvalue weighted by molar-refractivity contribution is 0.882. The first kappa shape index (κ1) is 13.6. The summed E-state index contributed by atoms with van der Waals surface area (Å²) >= 11 is 5.69. The Balaban J connectivity index is 1.90. The van der Waals surface area contributed by atoms with Crippen molar-refractivity contribution < 1.29 is 0 Å². The van der Waals surface area contributed by atoms with Crippen molar-refractivity contribution in [3.63, 3.8) is 0 Å². The lowest BCUT2D eigenvalue weighted by atomic mass is 10.1. The Morgan fingerprint density at radius 1 is 1.00 bits per heavy atom. The number of alkyl halides is 1. The number of para-hydroxylation sites is 1. The van der Waals surface area contributed by atoms with E-state index in [2.05, 4.69) is 10.5 Å². The number of hydrogen-bond acceptors (Lipinski definition) is 3. The molecule has 0 radical (unpaired) electrons. The summed E-state index contributed by atoms with van der Waals surface area (Å²) in [7, 11) is 0. The molecule has 0 spiro atoms. The third kappa shape index (κ3) is 4.38. The summed E-state index contributed by atoms with van der Waals surface area (Å²) in [5, 5.41) is 6.12. The maximum absolute atomic E-state index is 10.2. The first-order chi connectivity index (χ1) is 9.28. The molecule has 0 aromatic heterocycles. The van der Waals surface area contributed by atoms with E-state index in [1.54, 1.807) is 0 Å². The Morgan fingerprint density at radius 2 is 1.63 bits per heavy atom. The SMILES string of the molecule is O=NC(Cl)Cc1ccc(CNc2ccccc2)cc1. The minimum atomic E-state index is -0.687. The number of rotatable bonds is 6. The van der Waals surface area contributed by atoms with Crippen LogP contribution in [0.25, 0.3) is 0 Å². The van der Waals surface area contributed by atoms with Crippen LogP contribution in [0.4, 0.5) is 5.69 Å². The van der Waals surface area contributed by atoms with Gasteiger partial charge in [0.2, 0.25) is 0 Å². The van der Waals surface area contributed by atoms with Gasteiger partial charge in [-0.2, -0.15) is 0 Å². The molecule has 0 saturated heterocycles. The van der Waals surface area contributed by atoms with Crippen LogP contribution in [0.1, 0.15) is 11.1 Å². The molecule has 4 heteroatoms. The molecule has 0 fully saturated rings. The molecule has 0 heterocycles. The maximum Gasteiger partial charge on any atom is 0.169 e. The zero-order chi connectivity index (χ0) is 13.5. The van der Waals surface area contributed by atoms with Crippen LogP contribution in [0.15, 0.2) is 59.8 Å². The largest absolute Gasteiger partial charge is 0.381 e. The van der Waals surface area contributed by atoms with Crippen LogP contribution < -0.4 is 5.32 Å². The predicted molar refractivity (Wildman–Crippen MR) is 79.4 cm³/mol. The molecule has 19 heavy (non-hydrogen) atoms. The molecule has 2 aromatic carbocycles. The molecule has 0 aliphatic heterocycles. The fourth-order valence-electron chi connectivity index (χ4n) is 1.79. The van der Waals surface area contributed by atoms with Gasteiger partial charge >= 0.3 is 0 Å². The number of hydrogen-bond donors (Lipinski definition) is 1. The summed E-state index contributed by atoms with van der Waals surface area (Å²) < 4.78 is 0. The number of anilines is 1. The van der Waals surface area contributed by atoms with E-state index in [-0.39, 0.29) is 0 Å². The van der Waals surface area contributed by atoms with Crippen molar-refractivity contribution in [2.24, 2.45) is 5.18 Å². The second-order valence-corrected chi connectivity index (χ2v) is 4.78. The average Bonchev–Trinajstić information content (AvgIpc) is 2.47. The fraction of sp³-hybridized carbons (Fsp3) is 0.200. The van der Waals surface area contributed by atoms with Crippen molar-refractivity contribution in [2.75, 3.05) is 5.32 Å². The first-order valence-electron chi connectivity index (χ1n) is 6.11. The van der Waals surface area contributed by atoms with Crippen molar-refractivity contribution in [1.82, 2.24) is 0 Å². The Hall–Kier alpha value is -1.87. The number of halogens is 1. The smallest absolute Gasteiger partial charge is 0.169 e. The minimum Gasteiger partial charge on any atom is -0.381 e. The van der Waals surface area contributed by atoms with E-state index >= 15 is 0 Å². The zero-order valence-corrected chi connectivity index (χ0v) is 11.2. The van der Waals surface area contributed by atoms with E-state index < -0.39 is 5.50 Å². The van der Waals surface area contributed by atoms with Crippen LogP contribution in [0.2, 0.25) is 0 Å². The third-order valence-corrected chi connectivity index (χ3v) is 3.05. The molecular weight excluding hydrogens is 260 g/mol. The second-order valence-electron chi connectivity index (χ2n) is 4.28. The van der Waals surface area contributed by atoms with Crippen LogP contribution in [0.3, 0.4) is 0 Å². The summed E-state index contributed by atoms with van der Waals surface area (Å²) in [6.07, 6.45) is 0.470. The van der Waals surface area contributed by atoms with Gasteiger partial charge in [0, 0.05) is 18.7 Å². The van der Waals surface area contributed by atoms with Crippen molar-refractivity contribution in [1.29, 1.82) is 0 Å². The molecule has 3 nitrogen and oxygen atoms in total. The third-order valence-electron chi connectivity index (χ3n) is 2.81. The molecule has 98 valence electrons. The monoisotopic (exact) mass is 274 g/mol. The van der Waals surface area contributed by atoms with Gasteiger partial charge in [0.25, 0.3) is 0 Å². The van der Waals surface area contributed by atoms with E-state index in [4.69, 9.17) is 11.6 Å². The van der Waals surface area contributed by atoms with Gasteiger partial charge < -0.3 is 5.32 Å². The van der Waals surface area contributed by atoms with Crippen molar-refractivity contribution in [3.05, 3.63) is 70.6 Å². The van der Waals surface area contributed by atoms with E-state index in [0.29, 0.717) is 6.42 Å². The fourth-order valence-corrected chi connectivity index (χ4v) is 1.96. The number of nitrogens with zero attached hydrogens (tertiary/aromatic N) is 1.